The zero-order valence-corrected chi connectivity index (χ0v) is 18.5. The molecular formula is C25H24N4O4. The Morgan fingerprint density at radius 3 is 2.45 bits per heavy atom. The second-order valence-corrected chi connectivity index (χ2v) is 7.94. The van der Waals surface area contributed by atoms with Crippen LogP contribution in [0.25, 0.3) is 16.5 Å². The van der Waals surface area contributed by atoms with Gasteiger partial charge < -0.3 is 23.5 Å². The molecule has 33 heavy (non-hydrogen) atoms. The van der Waals surface area contributed by atoms with Crippen molar-refractivity contribution in [1.29, 1.82) is 0 Å². The lowest BCUT2D eigenvalue weighted by atomic mass is 10.1. The molecule has 3 heterocycles. The molecule has 0 atom stereocenters. The Bertz CT molecular complexity index is 1410. The highest BCUT2D eigenvalue weighted by atomic mass is 16.5. The van der Waals surface area contributed by atoms with Crippen molar-refractivity contribution in [1.82, 2.24) is 19.0 Å². The van der Waals surface area contributed by atoms with E-state index in [4.69, 9.17) is 9.47 Å². The number of imidazole rings is 1. The molecule has 8 nitrogen and oxygen atoms in total. The number of pyridine rings is 1. The summed E-state index contributed by atoms with van der Waals surface area (Å²) in [6.45, 7) is 3.52. The predicted molar refractivity (Wildman–Crippen MR) is 124 cm³/mol. The van der Waals surface area contributed by atoms with Gasteiger partial charge in [-0.2, -0.15) is 0 Å². The van der Waals surface area contributed by atoms with Crippen molar-refractivity contribution in [2.24, 2.45) is 0 Å². The number of carbonyl (C=O) groups excluding carboxylic acids is 1. The molecule has 0 saturated carbocycles. The van der Waals surface area contributed by atoms with Gasteiger partial charge in [0.2, 0.25) is 0 Å². The number of ether oxygens (including phenoxy) is 2. The van der Waals surface area contributed by atoms with Gasteiger partial charge in [-0.05, 0) is 31.2 Å². The minimum Gasteiger partial charge on any atom is -0.496 e. The van der Waals surface area contributed by atoms with Crippen LogP contribution >= 0.6 is 0 Å². The molecule has 0 spiro atoms. The maximum Gasteiger partial charge on any atom is 0.275 e. The summed E-state index contributed by atoms with van der Waals surface area (Å²) in [7, 11) is 1.65. The first-order chi connectivity index (χ1) is 16.1. The van der Waals surface area contributed by atoms with E-state index >= 15 is 0 Å². The van der Waals surface area contributed by atoms with Crippen molar-refractivity contribution in [2.45, 2.75) is 13.5 Å². The number of rotatable bonds is 6. The number of nitrogens with zero attached hydrogens (tertiary/aromatic N) is 4. The minimum atomic E-state index is -0.196. The first-order valence-corrected chi connectivity index (χ1v) is 10.8. The number of aryl methyl sites for hydroxylation is 1. The van der Waals surface area contributed by atoms with Gasteiger partial charge in [0, 0.05) is 30.1 Å². The normalized spacial score (nSPS) is 13.3. The molecule has 0 unspecified atom stereocenters. The summed E-state index contributed by atoms with van der Waals surface area (Å²) in [6.07, 6.45) is 3.40. The van der Waals surface area contributed by atoms with Gasteiger partial charge >= 0.3 is 0 Å². The molecule has 1 aliphatic heterocycles. The molecule has 0 saturated heterocycles. The van der Waals surface area contributed by atoms with Gasteiger partial charge in [-0.15, -0.1) is 0 Å². The maximum absolute atomic E-state index is 13.0. The number of aromatic nitrogens is 3. The predicted octanol–water partition coefficient (Wildman–Crippen LogP) is 3.04. The number of hydrogen-bond donors (Lipinski definition) is 0. The Balaban J connectivity index is 1.31. The van der Waals surface area contributed by atoms with Gasteiger partial charge in [0.05, 0.1) is 25.7 Å². The highest BCUT2D eigenvalue weighted by molar-refractivity contribution is 5.94. The lowest BCUT2D eigenvalue weighted by Gasteiger charge is -2.29. The molecule has 2 aromatic heterocycles. The van der Waals surface area contributed by atoms with Crippen LogP contribution in [0.4, 0.5) is 0 Å². The fourth-order valence-corrected chi connectivity index (χ4v) is 4.24. The zero-order chi connectivity index (χ0) is 22.9. The first kappa shape index (κ1) is 20.8. The van der Waals surface area contributed by atoms with Crippen LogP contribution in [0.2, 0.25) is 0 Å². The topological polar surface area (TPSA) is 78.6 Å². The van der Waals surface area contributed by atoms with Crippen molar-refractivity contribution < 1.29 is 14.3 Å². The minimum absolute atomic E-state index is 0.171. The fourth-order valence-electron chi connectivity index (χ4n) is 4.24. The summed E-state index contributed by atoms with van der Waals surface area (Å²) in [6, 6.07) is 15.0. The smallest absolute Gasteiger partial charge is 0.275 e. The van der Waals surface area contributed by atoms with E-state index in [2.05, 4.69) is 4.98 Å². The van der Waals surface area contributed by atoms with Crippen LogP contribution < -0.4 is 15.0 Å². The van der Waals surface area contributed by atoms with E-state index in [1.165, 1.54) is 0 Å². The fraction of sp³-hybridized carbons (Fsp3) is 0.240. The molecule has 0 aliphatic carbocycles. The Morgan fingerprint density at radius 1 is 0.970 bits per heavy atom. The molecule has 0 bridgehead atoms. The van der Waals surface area contributed by atoms with Crippen LogP contribution in [0.3, 0.4) is 0 Å². The number of fused-ring (bicyclic) bond motifs is 2. The van der Waals surface area contributed by atoms with Crippen LogP contribution in [0.5, 0.6) is 11.5 Å². The molecular weight excluding hydrogens is 420 g/mol. The van der Waals surface area contributed by atoms with Crippen molar-refractivity contribution in [2.75, 3.05) is 26.8 Å². The van der Waals surface area contributed by atoms with E-state index in [1.807, 2.05) is 43.3 Å². The molecule has 0 radical (unpaired) electrons. The second-order valence-electron chi connectivity index (χ2n) is 7.94. The number of methoxy groups -OCH3 is 1. The average Bonchev–Trinajstić information content (AvgIpc) is 3.27. The van der Waals surface area contributed by atoms with Crippen LogP contribution in [-0.2, 0) is 6.54 Å². The summed E-state index contributed by atoms with van der Waals surface area (Å²) in [4.78, 5) is 31.9. The molecule has 0 fully saturated rings. The maximum atomic E-state index is 13.0. The summed E-state index contributed by atoms with van der Waals surface area (Å²) < 4.78 is 14.7. The number of hydrogen-bond acceptors (Lipinski definition) is 5. The van der Waals surface area contributed by atoms with Crippen LogP contribution in [-0.4, -0.2) is 51.7 Å². The third-order valence-electron chi connectivity index (χ3n) is 5.93. The van der Waals surface area contributed by atoms with Crippen LogP contribution in [0.1, 0.15) is 16.2 Å². The zero-order valence-electron chi connectivity index (χ0n) is 18.5. The van der Waals surface area contributed by atoms with Gasteiger partial charge in [-0.3, -0.25) is 9.59 Å². The molecule has 1 amide bonds. The Morgan fingerprint density at radius 2 is 1.73 bits per heavy atom. The highest BCUT2D eigenvalue weighted by Crippen LogP contribution is 2.32. The molecule has 1 aliphatic rings. The van der Waals surface area contributed by atoms with E-state index in [9.17, 15) is 9.59 Å². The van der Waals surface area contributed by atoms with Crippen molar-refractivity contribution in [3.8, 4) is 17.2 Å². The van der Waals surface area contributed by atoms with Crippen molar-refractivity contribution >= 4 is 16.7 Å². The Hall–Kier alpha value is -4.07. The molecule has 5 rings (SSSR count). The molecule has 8 heteroatoms. The monoisotopic (exact) mass is 444 g/mol. The molecule has 168 valence electrons. The summed E-state index contributed by atoms with van der Waals surface area (Å²) in [5.74, 6) is 1.36. The standard InChI is InChI=1S/C25H24N4O4/c1-17-15-28(16-26-17)20-7-8-21-24(30)27(11-12-29(21)25(20)31)13-14-33-23-10-9-22(32-2)18-5-3-4-6-19(18)23/h3-10,15-16H,11-14H2,1-2H3. The largest absolute Gasteiger partial charge is 0.496 e. The summed E-state index contributed by atoms with van der Waals surface area (Å²) >= 11 is 0. The summed E-state index contributed by atoms with van der Waals surface area (Å²) in [5, 5.41) is 1.93. The number of benzene rings is 2. The van der Waals surface area contributed by atoms with E-state index in [0.29, 0.717) is 37.6 Å². The Kier molecular flexibility index (Phi) is 5.34. The highest BCUT2D eigenvalue weighted by Gasteiger charge is 2.26. The number of carbonyl (C=O) groups is 1. The number of amides is 1. The second kappa shape index (κ2) is 8.46. The lowest BCUT2D eigenvalue weighted by molar-refractivity contribution is 0.0673. The van der Waals surface area contributed by atoms with Crippen molar-refractivity contribution in [3.05, 3.63) is 82.8 Å². The van der Waals surface area contributed by atoms with Gasteiger partial charge in [0.15, 0.2) is 0 Å². The van der Waals surface area contributed by atoms with E-state index < -0.39 is 0 Å². The van der Waals surface area contributed by atoms with E-state index in [1.54, 1.807) is 45.8 Å². The summed E-state index contributed by atoms with van der Waals surface area (Å²) in [5.41, 5.74) is 1.50. The Labute approximate surface area is 190 Å². The van der Waals surface area contributed by atoms with Gasteiger partial charge in [0.25, 0.3) is 11.5 Å². The SMILES string of the molecule is COc1ccc(OCCN2CCn3c(ccc(-n4cnc(C)c4)c3=O)C2=O)c2ccccc12. The van der Waals surface area contributed by atoms with Crippen LogP contribution in [0.15, 0.2) is 65.8 Å². The quantitative estimate of drug-likeness (QED) is 0.457. The third kappa shape index (κ3) is 3.73. The lowest BCUT2D eigenvalue weighted by Crippen LogP contribution is -2.46. The first-order valence-electron chi connectivity index (χ1n) is 10.8. The third-order valence-corrected chi connectivity index (χ3v) is 5.93. The molecule has 0 N–H and O–H groups in total. The van der Waals surface area contributed by atoms with Gasteiger partial charge in [-0.1, -0.05) is 24.3 Å². The molecule has 4 aromatic rings. The van der Waals surface area contributed by atoms with E-state index in [0.717, 1.165) is 28.0 Å². The molecule has 2 aromatic carbocycles. The van der Waals surface area contributed by atoms with Crippen molar-refractivity contribution in [3.63, 3.8) is 0 Å². The van der Waals surface area contributed by atoms with Crippen LogP contribution in [0, 0.1) is 6.92 Å². The van der Waals surface area contributed by atoms with Gasteiger partial charge in [0.1, 0.15) is 29.5 Å². The van der Waals surface area contributed by atoms with E-state index in [-0.39, 0.29) is 11.5 Å². The average molecular weight is 444 g/mol. The van der Waals surface area contributed by atoms with Gasteiger partial charge in [-0.25, -0.2) is 4.98 Å².